The summed E-state index contributed by atoms with van der Waals surface area (Å²) in [6.07, 6.45) is 4.50. The Labute approximate surface area is 498 Å². The summed E-state index contributed by atoms with van der Waals surface area (Å²) in [5.74, 6) is 2.83. The summed E-state index contributed by atoms with van der Waals surface area (Å²) in [5, 5.41) is 0. The van der Waals surface area contributed by atoms with E-state index in [1.165, 1.54) is 56.6 Å². The van der Waals surface area contributed by atoms with Crippen molar-refractivity contribution in [2.45, 2.75) is 244 Å². The molecule has 0 N–H and O–H groups in total. The second-order valence-electron chi connectivity index (χ2n) is 29.8. The molecule has 2 aliphatic heterocycles. The summed E-state index contributed by atoms with van der Waals surface area (Å²) in [6, 6.07) is 34.2. The number of hydrogen-bond donors (Lipinski definition) is 0. The van der Waals surface area contributed by atoms with Gasteiger partial charge in [-0.25, -0.2) is 0 Å². The molecule has 6 aromatic rings. The van der Waals surface area contributed by atoms with Gasteiger partial charge in [-0.05, 0) is 181 Å². The largest absolute Gasteiger partial charge is 0.337 e. The number of rotatable bonds is 17. The fourth-order valence-corrected chi connectivity index (χ4v) is 12.5. The summed E-state index contributed by atoms with van der Waals surface area (Å²) in [4.78, 5) is 32.8. The second kappa shape index (κ2) is 24.8. The summed E-state index contributed by atoms with van der Waals surface area (Å²) >= 11 is 0. The molecule has 0 fully saturated rings. The normalized spacial score (nSPS) is 17.2. The van der Waals surface area contributed by atoms with Crippen LogP contribution in [0.1, 0.15) is 246 Å². The van der Waals surface area contributed by atoms with Crippen LogP contribution in [0.2, 0.25) is 0 Å². The van der Waals surface area contributed by atoms with Gasteiger partial charge in [0, 0.05) is 80.9 Å². The Morgan fingerprint density at radius 2 is 0.695 bits per heavy atom. The molecule has 3 atom stereocenters. The number of benzene rings is 2. The first-order chi connectivity index (χ1) is 38.4. The Hall–Kier alpha value is -5.76. The predicted molar refractivity (Wildman–Crippen MR) is 353 cm³/mol. The molecule has 2 aliphatic rings. The lowest BCUT2D eigenvalue weighted by atomic mass is 9.85. The molecule has 8 rings (SSSR count). The standard InChI is InChI=1S/C74H106N8/c1-44(2)28-55-35-59(39-63(75-55)48(9)10)79-43-72(82(70-33-53(73(18,19)20)24-26-67(70)79)62-38-58(31-47(7)8)78-66(42-62)51(15)16)69-32-52(17)80(60-36-56(29-45(3)4)76-64(40-60)49(11)12)71-34-54(74(21,22)23)25-27-68(71)81(69)61-37-57(30-46(5)6)77-65(41-61)50(13)14/h24-27,33-42,44-52,69,72H,28-32,43H2,1-23H3/t52-,69-,72?/m1/s1. The molecule has 2 aromatic carbocycles. The van der Waals surface area contributed by atoms with Crippen LogP contribution in [0.15, 0.2) is 84.9 Å². The quantitative estimate of drug-likeness (QED) is 0.0895. The number of aromatic nitrogens is 4. The van der Waals surface area contributed by atoms with Crippen molar-refractivity contribution in [1.82, 2.24) is 19.9 Å². The molecule has 442 valence electrons. The second-order valence-corrected chi connectivity index (χ2v) is 29.8. The average Bonchev–Trinajstić information content (AvgIpc) is 1.61. The van der Waals surface area contributed by atoms with Gasteiger partial charge in [-0.2, -0.15) is 0 Å². The zero-order valence-electron chi connectivity index (χ0n) is 55.3. The molecule has 0 spiro atoms. The van der Waals surface area contributed by atoms with E-state index in [0.29, 0.717) is 23.7 Å². The molecule has 0 saturated heterocycles. The van der Waals surface area contributed by atoms with Gasteiger partial charge in [0.25, 0.3) is 0 Å². The van der Waals surface area contributed by atoms with E-state index in [1.807, 2.05) is 0 Å². The fraction of sp³-hybridized carbons (Fsp3) is 0.568. The van der Waals surface area contributed by atoms with Gasteiger partial charge in [0.15, 0.2) is 0 Å². The van der Waals surface area contributed by atoms with Crippen molar-refractivity contribution >= 4 is 45.5 Å². The molecule has 0 aliphatic carbocycles. The number of pyridine rings is 4. The van der Waals surface area contributed by atoms with E-state index in [0.717, 1.165) is 84.2 Å². The molecule has 0 saturated carbocycles. The SMILES string of the molecule is CC(C)Cc1cc(N2CC([C@H]3C[C@@H](C)N(c4cc(CC(C)C)nc(C(C)C)c4)c4cc(C(C)(C)C)ccc4N3c3cc(CC(C)C)nc(C(C)C)c3)N(c3cc(CC(C)C)nc(C(C)C)c3)c3cc(C(C)(C)C)ccc32)cc(C(C)C)n1. The fourth-order valence-electron chi connectivity index (χ4n) is 12.5. The van der Waals surface area contributed by atoms with E-state index in [1.54, 1.807) is 0 Å². The molecule has 82 heavy (non-hydrogen) atoms. The zero-order chi connectivity index (χ0) is 60.0. The molecule has 1 unspecified atom stereocenters. The van der Waals surface area contributed by atoms with Crippen LogP contribution in [-0.2, 0) is 36.5 Å². The molecule has 6 heterocycles. The Morgan fingerprint density at radius 3 is 1.05 bits per heavy atom. The third kappa shape index (κ3) is 14.1. The molecule has 0 bridgehead atoms. The van der Waals surface area contributed by atoms with Crippen molar-refractivity contribution in [1.29, 1.82) is 0 Å². The van der Waals surface area contributed by atoms with Gasteiger partial charge in [-0.15, -0.1) is 0 Å². The van der Waals surface area contributed by atoms with Crippen LogP contribution in [0.25, 0.3) is 0 Å². The molecule has 8 nitrogen and oxygen atoms in total. The van der Waals surface area contributed by atoms with Crippen LogP contribution < -0.4 is 19.6 Å². The minimum absolute atomic E-state index is 0.0590. The Morgan fingerprint density at radius 1 is 0.378 bits per heavy atom. The maximum Gasteiger partial charge on any atom is 0.0730 e. The van der Waals surface area contributed by atoms with E-state index in [-0.39, 0.29) is 52.6 Å². The predicted octanol–water partition coefficient (Wildman–Crippen LogP) is 19.9. The van der Waals surface area contributed by atoms with E-state index < -0.39 is 0 Å². The van der Waals surface area contributed by atoms with Crippen LogP contribution >= 0.6 is 0 Å². The summed E-state index contributed by atoms with van der Waals surface area (Å²) < 4.78 is 0. The van der Waals surface area contributed by atoms with Gasteiger partial charge in [0.1, 0.15) is 0 Å². The number of nitrogens with zero attached hydrogens (tertiary/aromatic N) is 8. The molecule has 4 aromatic heterocycles. The molecule has 0 amide bonds. The van der Waals surface area contributed by atoms with E-state index in [2.05, 4.69) is 264 Å². The zero-order valence-corrected chi connectivity index (χ0v) is 55.3. The van der Waals surface area contributed by atoms with E-state index in [9.17, 15) is 0 Å². The highest BCUT2D eigenvalue weighted by molar-refractivity contribution is 5.88. The Balaban J connectivity index is 1.55. The van der Waals surface area contributed by atoms with E-state index >= 15 is 0 Å². The van der Waals surface area contributed by atoms with Crippen LogP contribution in [0.4, 0.5) is 45.5 Å². The van der Waals surface area contributed by atoms with Gasteiger partial charge in [0.2, 0.25) is 0 Å². The first-order valence-corrected chi connectivity index (χ1v) is 31.8. The number of anilines is 8. The van der Waals surface area contributed by atoms with Gasteiger partial charge in [-0.3, -0.25) is 19.9 Å². The van der Waals surface area contributed by atoms with Crippen LogP contribution in [0.5, 0.6) is 0 Å². The lowest BCUT2D eigenvalue weighted by Gasteiger charge is -2.51. The lowest BCUT2D eigenvalue weighted by Crippen LogP contribution is -2.57. The topological polar surface area (TPSA) is 64.5 Å². The van der Waals surface area contributed by atoms with Gasteiger partial charge in [-0.1, -0.05) is 164 Å². The maximum absolute atomic E-state index is 5.48. The third-order valence-corrected chi connectivity index (χ3v) is 16.8. The van der Waals surface area contributed by atoms with Crippen molar-refractivity contribution in [2.24, 2.45) is 23.7 Å². The number of hydrogen-bond acceptors (Lipinski definition) is 8. The first-order valence-electron chi connectivity index (χ1n) is 31.8. The lowest BCUT2D eigenvalue weighted by molar-refractivity contribution is 0.452. The minimum atomic E-state index is -0.105. The highest BCUT2D eigenvalue weighted by atomic mass is 15.4. The summed E-state index contributed by atoms with van der Waals surface area (Å²) in [5.41, 5.74) is 21.4. The third-order valence-electron chi connectivity index (χ3n) is 16.8. The monoisotopic (exact) mass is 1110 g/mol. The van der Waals surface area contributed by atoms with Crippen LogP contribution in [0.3, 0.4) is 0 Å². The molecule has 8 heteroatoms. The van der Waals surface area contributed by atoms with Gasteiger partial charge in [0.05, 0.1) is 34.8 Å². The van der Waals surface area contributed by atoms with Gasteiger partial charge >= 0.3 is 0 Å². The summed E-state index contributed by atoms with van der Waals surface area (Å²) in [6.45, 7) is 54.5. The van der Waals surface area contributed by atoms with Crippen molar-refractivity contribution in [2.75, 3.05) is 26.1 Å². The first kappa shape index (κ1) is 62.3. The van der Waals surface area contributed by atoms with Crippen LogP contribution in [0, 0.1) is 23.7 Å². The van der Waals surface area contributed by atoms with Crippen molar-refractivity contribution in [3.8, 4) is 0 Å². The smallest absolute Gasteiger partial charge is 0.0730 e. The minimum Gasteiger partial charge on any atom is -0.337 e. The molecule has 0 radical (unpaired) electrons. The van der Waals surface area contributed by atoms with E-state index in [4.69, 9.17) is 19.9 Å². The highest BCUT2D eigenvalue weighted by Crippen LogP contribution is 2.53. The Bertz CT molecular complexity index is 3160. The molecular formula is C74H106N8. The average molecular weight is 1110 g/mol. The highest BCUT2D eigenvalue weighted by Gasteiger charge is 2.46. The maximum atomic E-state index is 5.48. The molecular weight excluding hydrogens is 1000 g/mol. The Kier molecular flexibility index (Phi) is 18.9. The summed E-state index contributed by atoms with van der Waals surface area (Å²) in [7, 11) is 0. The van der Waals surface area contributed by atoms with Gasteiger partial charge < -0.3 is 19.6 Å². The van der Waals surface area contributed by atoms with Crippen molar-refractivity contribution < 1.29 is 0 Å². The number of fused-ring (bicyclic) bond motifs is 2. The van der Waals surface area contributed by atoms with Crippen molar-refractivity contribution in [3.05, 3.63) is 142 Å². The van der Waals surface area contributed by atoms with Crippen LogP contribution in [-0.4, -0.2) is 44.6 Å². The van der Waals surface area contributed by atoms with Crippen molar-refractivity contribution in [3.63, 3.8) is 0 Å².